The van der Waals surface area contributed by atoms with Crippen molar-refractivity contribution in [1.82, 2.24) is 20.2 Å². The maximum Gasteiger partial charge on any atom is 0.237 e. The summed E-state index contributed by atoms with van der Waals surface area (Å²) in [5.74, 6) is -0.265. The summed E-state index contributed by atoms with van der Waals surface area (Å²) < 4.78 is 15.3. The molecule has 0 N–H and O–H groups in total. The molecule has 8 heteroatoms. The lowest BCUT2D eigenvalue weighted by atomic mass is 10.1. The average molecular weight is 369 g/mol. The van der Waals surface area contributed by atoms with E-state index in [1.54, 1.807) is 18.2 Å². The lowest BCUT2D eigenvalue weighted by Gasteiger charge is -2.22. The average Bonchev–Trinajstić information content (AvgIpc) is 3.23. The molecule has 26 heavy (non-hydrogen) atoms. The fourth-order valence-electron chi connectivity index (χ4n) is 3.19. The molecule has 2 heterocycles. The van der Waals surface area contributed by atoms with E-state index in [2.05, 4.69) is 15.5 Å². The van der Waals surface area contributed by atoms with E-state index in [9.17, 15) is 9.18 Å². The van der Waals surface area contributed by atoms with Crippen LogP contribution >= 0.6 is 11.8 Å². The molecule has 1 aromatic heterocycles. The van der Waals surface area contributed by atoms with Gasteiger partial charge < -0.3 is 4.90 Å². The molecule has 1 amide bonds. The van der Waals surface area contributed by atoms with Gasteiger partial charge in [0, 0.05) is 11.7 Å². The number of anilines is 1. The van der Waals surface area contributed by atoms with E-state index in [0.29, 0.717) is 5.16 Å². The number of nitrogens with zero attached hydrogens (tertiary/aromatic N) is 5. The van der Waals surface area contributed by atoms with Gasteiger partial charge in [0.25, 0.3) is 0 Å². The first-order chi connectivity index (χ1) is 12.6. The Hall–Kier alpha value is -2.74. The largest absolute Gasteiger partial charge is 0.308 e. The molecule has 3 aromatic rings. The van der Waals surface area contributed by atoms with Crippen molar-refractivity contribution in [3.63, 3.8) is 0 Å². The molecule has 2 aromatic carbocycles. The summed E-state index contributed by atoms with van der Waals surface area (Å²) in [5.41, 5.74) is 2.39. The molecule has 1 unspecified atom stereocenters. The minimum atomic E-state index is -0.421. The Bertz CT molecular complexity index is 960. The van der Waals surface area contributed by atoms with Crippen LogP contribution in [-0.2, 0) is 11.2 Å². The second-order valence-corrected chi connectivity index (χ2v) is 7.00. The Morgan fingerprint density at radius 3 is 2.73 bits per heavy atom. The first kappa shape index (κ1) is 16.7. The molecule has 4 rings (SSSR count). The Labute approximate surface area is 154 Å². The summed E-state index contributed by atoms with van der Waals surface area (Å²) in [7, 11) is 0. The van der Waals surface area contributed by atoms with Gasteiger partial charge in [-0.15, -0.1) is 5.10 Å². The monoisotopic (exact) mass is 369 g/mol. The Morgan fingerprint density at radius 1 is 1.19 bits per heavy atom. The molecule has 1 atom stereocenters. The Morgan fingerprint density at radius 2 is 1.92 bits per heavy atom. The van der Waals surface area contributed by atoms with E-state index >= 15 is 0 Å². The Kier molecular flexibility index (Phi) is 4.42. The number of thioether (sulfide) groups is 1. The minimum absolute atomic E-state index is 0.0180. The third-order valence-corrected chi connectivity index (χ3v) is 5.23. The number of rotatable bonds is 4. The van der Waals surface area contributed by atoms with Crippen LogP contribution in [0.4, 0.5) is 10.1 Å². The molecule has 0 saturated carbocycles. The summed E-state index contributed by atoms with van der Waals surface area (Å²) in [6, 6.07) is 14.3. The van der Waals surface area contributed by atoms with Crippen molar-refractivity contribution < 1.29 is 9.18 Å². The number of carbonyl (C=O) groups is 1. The second-order valence-electron chi connectivity index (χ2n) is 6.06. The van der Waals surface area contributed by atoms with Crippen molar-refractivity contribution in [3.05, 3.63) is 59.9 Å². The molecular formula is C18H16FN5OS. The predicted octanol–water partition coefficient (Wildman–Crippen LogP) is 2.87. The molecule has 0 saturated heterocycles. The zero-order chi connectivity index (χ0) is 18.1. The van der Waals surface area contributed by atoms with Gasteiger partial charge in [-0.25, -0.2) is 4.39 Å². The fraction of sp³-hybridized carbons (Fsp3) is 0.222. The predicted molar refractivity (Wildman–Crippen MR) is 96.9 cm³/mol. The highest BCUT2D eigenvalue weighted by atomic mass is 32.2. The zero-order valence-corrected chi connectivity index (χ0v) is 14.9. The SMILES string of the molecule is CC1Cc2ccccc2N1C(=O)CSc1nnnn1-c1ccccc1F. The molecule has 0 fully saturated rings. The third-order valence-electron chi connectivity index (χ3n) is 4.32. The van der Waals surface area contributed by atoms with E-state index in [1.165, 1.54) is 28.1 Å². The molecule has 132 valence electrons. The van der Waals surface area contributed by atoms with E-state index in [-0.39, 0.29) is 23.4 Å². The summed E-state index contributed by atoms with van der Waals surface area (Å²) in [5, 5.41) is 11.8. The molecule has 0 spiro atoms. The quantitative estimate of drug-likeness (QED) is 0.662. The number of hydrogen-bond acceptors (Lipinski definition) is 5. The number of halogens is 1. The number of hydrogen-bond donors (Lipinski definition) is 0. The van der Waals surface area contributed by atoms with Gasteiger partial charge >= 0.3 is 0 Å². The van der Waals surface area contributed by atoms with Crippen molar-refractivity contribution in [3.8, 4) is 5.69 Å². The molecule has 1 aliphatic heterocycles. The first-order valence-electron chi connectivity index (χ1n) is 8.21. The third kappa shape index (κ3) is 2.96. The van der Waals surface area contributed by atoms with Crippen LogP contribution in [0.5, 0.6) is 0 Å². The van der Waals surface area contributed by atoms with Crippen LogP contribution in [0.15, 0.2) is 53.7 Å². The number of amides is 1. The van der Waals surface area contributed by atoms with E-state index < -0.39 is 5.82 Å². The lowest BCUT2D eigenvalue weighted by molar-refractivity contribution is -0.116. The summed E-state index contributed by atoms with van der Waals surface area (Å²) in [6.07, 6.45) is 0.847. The summed E-state index contributed by atoms with van der Waals surface area (Å²) >= 11 is 1.20. The van der Waals surface area contributed by atoms with Crippen LogP contribution in [-0.4, -0.2) is 37.9 Å². The topological polar surface area (TPSA) is 63.9 Å². The number of aromatic nitrogens is 4. The van der Waals surface area contributed by atoms with Gasteiger partial charge in [-0.05, 0) is 47.5 Å². The van der Waals surface area contributed by atoms with Gasteiger partial charge in [0.15, 0.2) is 0 Å². The minimum Gasteiger partial charge on any atom is -0.308 e. The van der Waals surface area contributed by atoms with Crippen LogP contribution in [0.25, 0.3) is 5.69 Å². The van der Waals surface area contributed by atoms with Gasteiger partial charge in [0.1, 0.15) is 11.5 Å². The van der Waals surface area contributed by atoms with Crippen LogP contribution in [0.2, 0.25) is 0 Å². The summed E-state index contributed by atoms with van der Waals surface area (Å²) in [4.78, 5) is 14.6. The van der Waals surface area contributed by atoms with Gasteiger partial charge in [0.2, 0.25) is 11.1 Å². The van der Waals surface area contributed by atoms with E-state index in [1.807, 2.05) is 36.1 Å². The highest BCUT2D eigenvalue weighted by Crippen LogP contribution is 2.32. The molecular weight excluding hydrogens is 353 g/mol. The number of tetrazole rings is 1. The second kappa shape index (κ2) is 6.87. The van der Waals surface area contributed by atoms with Crippen molar-refractivity contribution in [1.29, 1.82) is 0 Å². The number of benzene rings is 2. The van der Waals surface area contributed by atoms with Crippen LogP contribution < -0.4 is 4.90 Å². The van der Waals surface area contributed by atoms with Gasteiger partial charge in [0.05, 0.1) is 5.75 Å². The molecule has 0 bridgehead atoms. The van der Waals surface area contributed by atoms with Crippen molar-refractivity contribution in [2.45, 2.75) is 24.5 Å². The van der Waals surface area contributed by atoms with Gasteiger partial charge in [-0.3, -0.25) is 4.79 Å². The maximum absolute atomic E-state index is 14.0. The molecule has 0 aliphatic carbocycles. The smallest absolute Gasteiger partial charge is 0.237 e. The normalized spacial score (nSPS) is 15.9. The van der Waals surface area contributed by atoms with Gasteiger partial charge in [-0.1, -0.05) is 42.1 Å². The fourth-order valence-corrected chi connectivity index (χ4v) is 3.93. The van der Waals surface area contributed by atoms with Gasteiger partial charge in [-0.2, -0.15) is 4.68 Å². The molecule has 6 nitrogen and oxygen atoms in total. The number of fused-ring (bicyclic) bond motifs is 1. The highest BCUT2D eigenvalue weighted by Gasteiger charge is 2.30. The van der Waals surface area contributed by atoms with E-state index in [4.69, 9.17) is 0 Å². The van der Waals surface area contributed by atoms with Crippen molar-refractivity contribution in [2.24, 2.45) is 0 Å². The highest BCUT2D eigenvalue weighted by molar-refractivity contribution is 7.99. The number of para-hydroxylation sites is 2. The summed E-state index contributed by atoms with van der Waals surface area (Å²) in [6.45, 7) is 2.03. The lowest BCUT2D eigenvalue weighted by Crippen LogP contribution is -2.37. The van der Waals surface area contributed by atoms with E-state index in [0.717, 1.165) is 12.1 Å². The van der Waals surface area contributed by atoms with Crippen LogP contribution in [0.1, 0.15) is 12.5 Å². The zero-order valence-electron chi connectivity index (χ0n) is 14.0. The maximum atomic E-state index is 14.0. The molecule has 1 aliphatic rings. The van der Waals surface area contributed by atoms with Crippen LogP contribution in [0, 0.1) is 5.82 Å². The Balaban J connectivity index is 1.52. The number of carbonyl (C=O) groups excluding carboxylic acids is 1. The first-order valence-corrected chi connectivity index (χ1v) is 9.20. The van der Waals surface area contributed by atoms with Crippen molar-refractivity contribution in [2.75, 3.05) is 10.7 Å². The standard InChI is InChI=1S/C18H16FN5OS/c1-12-10-13-6-2-4-8-15(13)23(12)17(25)11-26-18-20-21-22-24(18)16-9-5-3-7-14(16)19/h2-9,12H,10-11H2,1H3. The molecule has 0 radical (unpaired) electrons. The van der Waals surface area contributed by atoms with Crippen molar-refractivity contribution >= 4 is 23.4 Å². The van der Waals surface area contributed by atoms with Crippen LogP contribution in [0.3, 0.4) is 0 Å².